The number of aliphatic carboxylic acids is 1. The number of rotatable bonds is 10. The van der Waals surface area contributed by atoms with Gasteiger partial charge in [0.25, 0.3) is 0 Å². The third-order valence-corrected chi connectivity index (χ3v) is 5.58. The molecular weight excluding hydrogens is 466 g/mol. The summed E-state index contributed by atoms with van der Waals surface area (Å²) >= 11 is 6.36. The summed E-state index contributed by atoms with van der Waals surface area (Å²) < 4.78 is 33.2. The molecule has 2 atom stereocenters. The Balaban J connectivity index is 1.98. The highest BCUT2D eigenvalue weighted by Gasteiger charge is 2.24. The first-order chi connectivity index (χ1) is 16.1. The van der Waals surface area contributed by atoms with Crippen molar-refractivity contribution in [3.8, 4) is 5.75 Å². The second-order valence-electron chi connectivity index (χ2n) is 8.13. The zero-order valence-corrected chi connectivity index (χ0v) is 19.2. The van der Waals surface area contributed by atoms with Crippen LogP contribution in [-0.4, -0.2) is 40.1 Å². The van der Waals surface area contributed by atoms with Crippen molar-refractivity contribution in [1.29, 1.82) is 0 Å². The minimum absolute atomic E-state index is 0.173. The lowest BCUT2D eigenvalue weighted by Crippen LogP contribution is -2.26. The second kappa shape index (κ2) is 11.4. The number of carbonyl (C=O) groups is 1. The van der Waals surface area contributed by atoms with E-state index in [4.69, 9.17) is 21.4 Å². The molecule has 0 heterocycles. The Morgan fingerprint density at radius 2 is 1.47 bits per heavy atom. The lowest BCUT2D eigenvalue weighted by Gasteiger charge is -2.25. The molecule has 0 bridgehead atoms. The maximum atomic E-state index is 13.6. The summed E-state index contributed by atoms with van der Waals surface area (Å²) in [7, 11) is 0. The summed E-state index contributed by atoms with van der Waals surface area (Å²) in [4.78, 5) is 10.7. The molecule has 3 rings (SSSR count). The Morgan fingerprint density at radius 3 is 1.97 bits per heavy atom. The molecule has 0 aliphatic rings. The molecule has 0 saturated heterocycles. The third-order valence-electron chi connectivity index (χ3n) is 5.36. The second-order valence-corrected chi connectivity index (χ2v) is 8.57. The Kier molecular flexibility index (Phi) is 8.61. The molecule has 180 valence electrons. The van der Waals surface area contributed by atoms with Crippen LogP contribution in [0.4, 0.5) is 8.78 Å². The van der Waals surface area contributed by atoms with Gasteiger partial charge in [0, 0.05) is 22.9 Å². The third kappa shape index (κ3) is 6.76. The average molecular weight is 491 g/mol. The number of hydrogen-bond acceptors (Lipinski definition) is 4. The first-order valence-corrected chi connectivity index (χ1v) is 11.0. The van der Waals surface area contributed by atoms with Crippen molar-refractivity contribution in [2.75, 3.05) is 6.61 Å². The lowest BCUT2D eigenvalue weighted by molar-refractivity contribution is -0.139. The van der Waals surface area contributed by atoms with Crippen molar-refractivity contribution in [1.82, 2.24) is 0 Å². The van der Waals surface area contributed by atoms with Gasteiger partial charge in [0.1, 0.15) is 24.0 Å². The molecule has 1 unspecified atom stereocenters. The predicted molar refractivity (Wildman–Crippen MR) is 124 cm³/mol. The summed E-state index contributed by atoms with van der Waals surface area (Å²) in [6.07, 6.45) is -2.99. The van der Waals surface area contributed by atoms with E-state index in [2.05, 4.69) is 0 Å². The van der Waals surface area contributed by atoms with Gasteiger partial charge in [-0.2, -0.15) is 0 Å². The number of carboxylic acids is 1. The highest BCUT2D eigenvalue weighted by molar-refractivity contribution is 6.30. The number of hydrogen-bond donors (Lipinski definition) is 3. The van der Waals surface area contributed by atoms with E-state index in [1.807, 2.05) is 0 Å². The summed E-state index contributed by atoms with van der Waals surface area (Å²) in [6.45, 7) is 1.58. The Bertz CT molecular complexity index is 1070. The molecule has 0 saturated carbocycles. The van der Waals surface area contributed by atoms with Crippen molar-refractivity contribution in [3.63, 3.8) is 0 Å². The molecule has 0 aromatic heterocycles. The lowest BCUT2D eigenvalue weighted by atomic mass is 9.84. The predicted octanol–water partition coefficient (Wildman–Crippen LogP) is 5.07. The summed E-state index contributed by atoms with van der Waals surface area (Å²) in [5, 5.41) is 29.3. The fraction of sp³-hybridized carbons (Fsp3) is 0.269. The number of aliphatic hydroxyl groups excluding tert-OH is 2. The van der Waals surface area contributed by atoms with Crippen LogP contribution in [0, 0.1) is 18.6 Å². The van der Waals surface area contributed by atoms with Crippen LogP contribution in [0.5, 0.6) is 5.75 Å². The summed E-state index contributed by atoms with van der Waals surface area (Å²) in [5.41, 5.74) is 2.74. The molecule has 0 fully saturated rings. The van der Waals surface area contributed by atoms with Crippen LogP contribution in [0.25, 0.3) is 0 Å². The average Bonchev–Trinajstić information content (AvgIpc) is 2.75. The minimum Gasteiger partial charge on any atom is -0.490 e. The molecule has 0 radical (unpaired) electrons. The van der Waals surface area contributed by atoms with E-state index in [0.717, 1.165) is 11.1 Å². The standard InChI is InChI=1S/C26H25ClF2O5/c1-15-10-18(27)11-23(26(15)34-14-22(31)12-21(30)13-24(32)33)25(16-2-6-19(28)7-3-16)17-4-8-20(29)9-5-17/h2-11,21-22,25,30-31H,12-14H2,1H3,(H,32,33)/t21-,22?/m1/s1. The van der Waals surface area contributed by atoms with Gasteiger partial charge in [0.15, 0.2) is 0 Å². The van der Waals surface area contributed by atoms with E-state index < -0.39 is 42.2 Å². The number of aryl methyl sites for hydroxylation is 1. The number of carboxylic acid groups (broad SMARTS) is 1. The topological polar surface area (TPSA) is 87.0 Å². The van der Waals surface area contributed by atoms with Crippen LogP contribution < -0.4 is 4.74 Å². The SMILES string of the molecule is Cc1cc(Cl)cc(C(c2ccc(F)cc2)c2ccc(F)cc2)c1OCC(O)C[C@@H](O)CC(=O)O. The fourth-order valence-corrected chi connectivity index (χ4v) is 4.16. The van der Waals surface area contributed by atoms with E-state index in [9.17, 15) is 23.8 Å². The van der Waals surface area contributed by atoms with Gasteiger partial charge in [0.05, 0.1) is 18.6 Å². The molecule has 3 aromatic carbocycles. The van der Waals surface area contributed by atoms with Crippen LogP contribution in [-0.2, 0) is 4.79 Å². The molecule has 5 nitrogen and oxygen atoms in total. The van der Waals surface area contributed by atoms with Gasteiger partial charge in [-0.15, -0.1) is 0 Å². The monoisotopic (exact) mass is 490 g/mol. The summed E-state index contributed by atoms with van der Waals surface area (Å²) in [6, 6.07) is 15.2. The zero-order chi connectivity index (χ0) is 24.8. The van der Waals surface area contributed by atoms with Crippen LogP contribution in [0.1, 0.15) is 41.0 Å². The molecule has 3 aromatic rings. The van der Waals surface area contributed by atoms with E-state index in [0.29, 0.717) is 21.9 Å². The molecule has 34 heavy (non-hydrogen) atoms. The van der Waals surface area contributed by atoms with E-state index in [1.165, 1.54) is 24.3 Å². The normalized spacial score (nSPS) is 13.0. The van der Waals surface area contributed by atoms with Gasteiger partial charge in [-0.25, -0.2) is 8.78 Å². The maximum Gasteiger partial charge on any atom is 0.305 e. The van der Waals surface area contributed by atoms with Crippen LogP contribution in [0.2, 0.25) is 5.02 Å². The van der Waals surface area contributed by atoms with Crippen molar-refractivity contribution >= 4 is 17.6 Å². The molecule has 0 amide bonds. The van der Waals surface area contributed by atoms with E-state index in [1.54, 1.807) is 43.3 Å². The van der Waals surface area contributed by atoms with Gasteiger partial charge in [-0.05, 0) is 60.0 Å². The van der Waals surface area contributed by atoms with Gasteiger partial charge >= 0.3 is 5.97 Å². The van der Waals surface area contributed by atoms with Gasteiger partial charge in [-0.1, -0.05) is 35.9 Å². The Morgan fingerprint density at radius 1 is 0.941 bits per heavy atom. The van der Waals surface area contributed by atoms with Gasteiger partial charge in [-0.3, -0.25) is 4.79 Å². The molecule has 0 aliphatic carbocycles. The largest absolute Gasteiger partial charge is 0.490 e. The number of ether oxygens (including phenoxy) is 1. The Labute approximate surface area is 201 Å². The van der Waals surface area contributed by atoms with Crippen LogP contribution >= 0.6 is 11.6 Å². The number of benzene rings is 3. The number of aliphatic hydroxyl groups is 2. The number of halogens is 3. The molecule has 0 spiro atoms. The smallest absolute Gasteiger partial charge is 0.305 e. The molecular formula is C26H25ClF2O5. The minimum atomic E-state index is -1.21. The summed E-state index contributed by atoms with van der Waals surface area (Å²) in [5.74, 6) is -2.03. The van der Waals surface area contributed by atoms with Crippen LogP contribution in [0.3, 0.4) is 0 Å². The van der Waals surface area contributed by atoms with Crippen molar-refractivity contribution in [3.05, 3.63) is 99.6 Å². The first-order valence-electron chi connectivity index (χ1n) is 10.7. The fourth-order valence-electron chi connectivity index (χ4n) is 3.88. The van der Waals surface area contributed by atoms with Gasteiger partial charge in [0.2, 0.25) is 0 Å². The zero-order valence-electron chi connectivity index (χ0n) is 18.4. The van der Waals surface area contributed by atoms with Crippen LogP contribution in [0.15, 0.2) is 60.7 Å². The first kappa shape index (κ1) is 25.6. The maximum absolute atomic E-state index is 13.6. The molecule has 8 heteroatoms. The highest BCUT2D eigenvalue weighted by Crippen LogP contribution is 2.40. The van der Waals surface area contributed by atoms with Gasteiger partial charge < -0.3 is 20.1 Å². The molecule has 3 N–H and O–H groups in total. The van der Waals surface area contributed by atoms with Crippen molar-refractivity contribution in [2.45, 2.75) is 37.9 Å². The van der Waals surface area contributed by atoms with E-state index in [-0.39, 0.29) is 13.0 Å². The van der Waals surface area contributed by atoms with Crippen molar-refractivity contribution < 1.29 is 33.6 Å². The van der Waals surface area contributed by atoms with Crippen molar-refractivity contribution in [2.24, 2.45) is 0 Å². The van der Waals surface area contributed by atoms with E-state index >= 15 is 0 Å². The molecule has 0 aliphatic heterocycles. The Hall–Kier alpha value is -3.00. The highest BCUT2D eigenvalue weighted by atomic mass is 35.5. The quantitative estimate of drug-likeness (QED) is 0.345.